The van der Waals surface area contributed by atoms with Gasteiger partial charge in [-0.3, -0.25) is 4.79 Å². The standard InChI is InChI=1S/C25H24N6O/c1-5-22(32)18-8-6-15(12-26)10-19(18)23-30-20-11-16(17-13-28-24(27)29-14-17)7-9-21(20)31(23)25(2,3)4/h6-11,13-14H,5H2,1-4H3,(H2,27,28,29). The van der Waals surface area contributed by atoms with Crippen molar-refractivity contribution in [1.29, 1.82) is 5.26 Å². The van der Waals surface area contributed by atoms with Crippen molar-refractivity contribution in [3.8, 4) is 28.6 Å². The minimum Gasteiger partial charge on any atom is -0.368 e. The van der Waals surface area contributed by atoms with Crippen LogP contribution in [0.3, 0.4) is 0 Å². The van der Waals surface area contributed by atoms with E-state index in [-0.39, 0.29) is 17.3 Å². The Bertz CT molecular complexity index is 1370. The first-order chi connectivity index (χ1) is 15.2. The molecule has 0 amide bonds. The fourth-order valence-corrected chi connectivity index (χ4v) is 3.84. The van der Waals surface area contributed by atoms with Crippen LogP contribution in [0.15, 0.2) is 48.8 Å². The average Bonchev–Trinajstić information content (AvgIpc) is 3.17. The first-order valence-corrected chi connectivity index (χ1v) is 10.4. The highest BCUT2D eigenvalue weighted by Crippen LogP contribution is 2.35. The van der Waals surface area contributed by atoms with Gasteiger partial charge in [-0.05, 0) is 56.7 Å². The van der Waals surface area contributed by atoms with Crippen LogP contribution in [0.2, 0.25) is 0 Å². The van der Waals surface area contributed by atoms with Gasteiger partial charge in [-0.2, -0.15) is 5.26 Å². The van der Waals surface area contributed by atoms with Gasteiger partial charge in [-0.1, -0.05) is 13.0 Å². The SMILES string of the molecule is CCC(=O)c1ccc(C#N)cc1-c1nc2cc(-c3cnc(N)nc3)ccc2n1C(C)(C)C. The van der Waals surface area contributed by atoms with Gasteiger partial charge in [0.25, 0.3) is 0 Å². The summed E-state index contributed by atoms with van der Waals surface area (Å²) in [6, 6.07) is 13.3. The van der Waals surface area contributed by atoms with E-state index < -0.39 is 0 Å². The highest BCUT2D eigenvalue weighted by atomic mass is 16.1. The van der Waals surface area contributed by atoms with Crippen LogP contribution in [-0.2, 0) is 5.54 Å². The summed E-state index contributed by atoms with van der Waals surface area (Å²) < 4.78 is 2.12. The molecule has 0 saturated carbocycles. The molecule has 160 valence electrons. The quantitative estimate of drug-likeness (QED) is 0.464. The van der Waals surface area contributed by atoms with E-state index in [4.69, 9.17) is 10.7 Å². The number of fused-ring (bicyclic) bond motifs is 1. The molecule has 0 atom stereocenters. The van der Waals surface area contributed by atoms with Crippen molar-refractivity contribution in [2.75, 3.05) is 5.73 Å². The molecule has 0 aliphatic rings. The van der Waals surface area contributed by atoms with Crippen LogP contribution in [-0.4, -0.2) is 25.3 Å². The molecule has 0 bridgehead atoms. The first-order valence-electron chi connectivity index (χ1n) is 10.4. The second-order valence-electron chi connectivity index (χ2n) is 8.62. The highest BCUT2D eigenvalue weighted by molar-refractivity contribution is 6.02. The number of carbonyl (C=O) groups excluding carboxylic acids is 1. The third-order valence-electron chi connectivity index (χ3n) is 5.34. The average molecular weight is 425 g/mol. The van der Waals surface area contributed by atoms with Gasteiger partial charge >= 0.3 is 0 Å². The molecule has 32 heavy (non-hydrogen) atoms. The Morgan fingerprint density at radius 2 is 1.81 bits per heavy atom. The molecule has 4 aromatic rings. The number of rotatable bonds is 4. The van der Waals surface area contributed by atoms with Crippen LogP contribution in [0.4, 0.5) is 5.95 Å². The Morgan fingerprint density at radius 3 is 2.44 bits per heavy atom. The lowest BCUT2D eigenvalue weighted by Gasteiger charge is -2.25. The number of aromatic nitrogens is 4. The van der Waals surface area contributed by atoms with E-state index in [0.29, 0.717) is 28.9 Å². The Labute approximate surface area is 186 Å². The van der Waals surface area contributed by atoms with Crippen molar-refractivity contribution in [3.05, 3.63) is 59.9 Å². The number of hydrogen-bond acceptors (Lipinski definition) is 6. The van der Waals surface area contributed by atoms with Crippen molar-refractivity contribution >= 4 is 22.8 Å². The van der Waals surface area contributed by atoms with E-state index in [1.807, 2.05) is 25.1 Å². The number of carbonyl (C=O) groups is 1. The minimum absolute atomic E-state index is 0.0108. The Kier molecular flexibility index (Phi) is 5.23. The lowest BCUT2D eigenvalue weighted by atomic mass is 9.98. The zero-order valence-electron chi connectivity index (χ0n) is 18.5. The van der Waals surface area contributed by atoms with E-state index in [2.05, 4.69) is 41.4 Å². The predicted octanol–water partition coefficient (Wildman–Crippen LogP) is 4.96. The molecular formula is C25H24N6O. The van der Waals surface area contributed by atoms with Gasteiger partial charge in [0, 0.05) is 41.0 Å². The molecule has 0 aliphatic carbocycles. The molecular weight excluding hydrogens is 400 g/mol. The number of ketones is 1. The number of anilines is 1. The summed E-state index contributed by atoms with van der Waals surface area (Å²) in [5.41, 5.74) is 10.5. The number of imidazole rings is 1. The summed E-state index contributed by atoms with van der Waals surface area (Å²) in [4.78, 5) is 25.8. The lowest BCUT2D eigenvalue weighted by Crippen LogP contribution is -2.23. The molecule has 2 N–H and O–H groups in total. The summed E-state index contributed by atoms with van der Waals surface area (Å²) >= 11 is 0. The first kappa shape index (κ1) is 21.2. The third kappa shape index (κ3) is 3.71. The van der Waals surface area contributed by atoms with E-state index in [9.17, 15) is 10.1 Å². The van der Waals surface area contributed by atoms with Crippen LogP contribution in [0.5, 0.6) is 0 Å². The van der Waals surface area contributed by atoms with Crippen LogP contribution >= 0.6 is 0 Å². The van der Waals surface area contributed by atoms with Gasteiger partial charge in [-0.25, -0.2) is 15.0 Å². The third-order valence-corrected chi connectivity index (χ3v) is 5.34. The second-order valence-corrected chi connectivity index (χ2v) is 8.62. The maximum absolute atomic E-state index is 12.7. The largest absolute Gasteiger partial charge is 0.368 e. The van der Waals surface area contributed by atoms with Gasteiger partial charge in [0.15, 0.2) is 5.78 Å². The number of nitrogens with zero attached hydrogens (tertiary/aromatic N) is 5. The molecule has 0 fully saturated rings. The molecule has 7 heteroatoms. The Balaban J connectivity index is 2.01. The molecule has 4 rings (SSSR count). The molecule has 2 heterocycles. The zero-order valence-corrected chi connectivity index (χ0v) is 18.5. The predicted molar refractivity (Wildman–Crippen MR) is 125 cm³/mol. The van der Waals surface area contributed by atoms with Crippen molar-refractivity contribution in [3.63, 3.8) is 0 Å². The van der Waals surface area contributed by atoms with Crippen molar-refractivity contribution < 1.29 is 4.79 Å². The van der Waals surface area contributed by atoms with E-state index in [0.717, 1.165) is 22.2 Å². The molecule has 0 radical (unpaired) electrons. The molecule has 0 unspecified atom stereocenters. The smallest absolute Gasteiger partial charge is 0.219 e. The maximum atomic E-state index is 12.7. The van der Waals surface area contributed by atoms with Crippen LogP contribution in [0.1, 0.15) is 50.0 Å². The number of nitrogens with two attached hydrogens (primary N) is 1. The summed E-state index contributed by atoms with van der Waals surface area (Å²) in [5, 5.41) is 9.46. The van der Waals surface area contributed by atoms with Crippen molar-refractivity contribution in [2.45, 2.75) is 39.7 Å². The van der Waals surface area contributed by atoms with Crippen LogP contribution < -0.4 is 5.73 Å². The van der Waals surface area contributed by atoms with Gasteiger partial charge in [0.2, 0.25) is 5.95 Å². The van der Waals surface area contributed by atoms with Crippen LogP contribution in [0.25, 0.3) is 33.5 Å². The number of hydrogen-bond donors (Lipinski definition) is 1. The molecule has 2 aromatic carbocycles. The highest BCUT2D eigenvalue weighted by Gasteiger charge is 2.25. The monoisotopic (exact) mass is 424 g/mol. The zero-order chi connectivity index (χ0) is 23.0. The van der Waals surface area contributed by atoms with Gasteiger partial charge in [-0.15, -0.1) is 0 Å². The minimum atomic E-state index is -0.314. The van der Waals surface area contributed by atoms with E-state index >= 15 is 0 Å². The summed E-state index contributed by atoms with van der Waals surface area (Å²) in [5.74, 6) is 0.892. The van der Waals surface area contributed by atoms with Crippen molar-refractivity contribution in [1.82, 2.24) is 19.5 Å². The van der Waals surface area contributed by atoms with Gasteiger partial charge in [0.05, 0.1) is 22.7 Å². The summed E-state index contributed by atoms with van der Waals surface area (Å²) in [6.07, 6.45) is 3.73. The second kappa shape index (κ2) is 7.89. The summed E-state index contributed by atoms with van der Waals surface area (Å²) in [6.45, 7) is 8.11. The Morgan fingerprint density at radius 1 is 1.09 bits per heavy atom. The van der Waals surface area contributed by atoms with Crippen LogP contribution in [0, 0.1) is 11.3 Å². The molecule has 2 aromatic heterocycles. The fourth-order valence-electron chi connectivity index (χ4n) is 3.84. The molecule has 7 nitrogen and oxygen atoms in total. The number of nitriles is 1. The lowest BCUT2D eigenvalue weighted by molar-refractivity contribution is 0.0988. The topological polar surface area (TPSA) is 110 Å². The number of nitrogen functional groups attached to an aromatic ring is 1. The molecule has 0 spiro atoms. The fraction of sp³-hybridized carbons (Fsp3) is 0.240. The molecule has 0 aliphatic heterocycles. The van der Waals surface area contributed by atoms with Crippen molar-refractivity contribution in [2.24, 2.45) is 0 Å². The normalized spacial score (nSPS) is 11.5. The summed E-state index contributed by atoms with van der Waals surface area (Å²) in [7, 11) is 0. The van der Waals surface area contributed by atoms with E-state index in [1.165, 1.54) is 0 Å². The van der Waals surface area contributed by atoms with Gasteiger partial charge < -0.3 is 10.3 Å². The number of benzene rings is 2. The number of Topliss-reactive ketones (excluding diaryl/α,β-unsaturated/α-hetero) is 1. The van der Waals surface area contributed by atoms with Gasteiger partial charge in [0.1, 0.15) is 5.82 Å². The maximum Gasteiger partial charge on any atom is 0.219 e. The Hall–Kier alpha value is -4.05. The molecule has 0 saturated heterocycles. The van der Waals surface area contributed by atoms with E-state index in [1.54, 1.807) is 30.6 Å².